The highest BCUT2D eigenvalue weighted by Crippen LogP contribution is 2.45. The normalized spacial score (nSPS) is 19.5. The molecular weight excluding hydrogens is 658 g/mol. The van der Waals surface area contributed by atoms with E-state index >= 15 is 0 Å². The largest absolute Gasteiger partial charge is 0.479 e. The van der Waals surface area contributed by atoms with Crippen LogP contribution < -0.4 is 0 Å². The second kappa shape index (κ2) is 12.9. The summed E-state index contributed by atoms with van der Waals surface area (Å²) in [6, 6.07) is 12.1. The molecular formula is C38H42ClN5O4S. The molecule has 7 rings (SSSR count). The number of aromatic nitrogens is 2. The predicted octanol–water partition coefficient (Wildman–Crippen LogP) is 7.73. The number of nitrogens with zero attached hydrogens (tertiary/aromatic N) is 5. The van der Waals surface area contributed by atoms with Crippen molar-refractivity contribution in [3.05, 3.63) is 70.0 Å². The van der Waals surface area contributed by atoms with Gasteiger partial charge in [0.25, 0.3) is 0 Å². The Morgan fingerprint density at radius 2 is 1.78 bits per heavy atom. The van der Waals surface area contributed by atoms with Crippen LogP contribution in [0.25, 0.3) is 31.9 Å². The van der Waals surface area contributed by atoms with Crippen LogP contribution in [0.2, 0.25) is 5.02 Å². The first-order valence-corrected chi connectivity index (χ1v) is 18.2. The molecule has 1 N–H and O–H groups in total. The number of carbonyl (C=O) groups is 2. The molecule has 2 aromatic carbocycles. The van der Waals surface area contributed by atoms with Crippen LogP contribution in [0.4, 0.5) is 0 Å². The number of halogens is 1. The fraction of sp³-hybridized carbons (Fsp3) is 0.447. The summed E-state index contributed by atoms with van der Waals surface area (Å²) in [6.07, 6.45) is 2.78. The lowest BCUT2D eigenvalue weighted by molar-refractivity contribution is -0.160. The molecule has 49 heavy (non-hydrogen) atoms. The number of pyridine rings is 1. The highest BCUT2D eigenvalue weighted by molar-refractivity contribution is 7.22. The van der Waals surface area contributed by atoms with Crippen molar-refractivity contribution in [1.82, 2.24) is 19.8 Å². The molecule has 0 bridgehead atoms. The van der Waals surface area contributed by atoms with Crippen LogP contribution in [0.5, 0.6) is 0 Å². The number of aliphatic carboxylic acids is 1. The van der Waals surface area contributed by atoms with Gasteiger partial charge in [-0.15, -0.1) is 11.3 Å². The average molecular weight is 700 g/mol. The average Bonchev–Trinajstić information content (AvgIpc) is 3.59. The Bertz CT molecular complexity index is 1970. The number of aliphatic imine (C=N–C) groups is 1. The van der Waals surface area contributed by atoms with Crippen LogP contribution in [-0.4, -0.2) is 80.3 Å². The molecule has 3 aliphatic heterocycles. The van der Waals surface area contributed by atoms with Crippen molar-refractivity contribution in [1.29, 1.82) is 0 Å². The summed E-state index contributed by atoms with van der Waals surface area (Å²) in [4.78, 5) is 44.0. The molecule has 0 spiro atoms. The lowest BCUT2D eigenvalue weighted by Crippen LogP contribution is -2.61. The molecule has 11 heteroatoms. The third-order valence-electron chi connectivity index (χ3n) is 9.93. The molecule has 2 fully saturated rings. The Morgan fingerprint density at radius 1 is 1.08 bits per heavy atom. The van der Waals surface area contributed by atoms with Crippen molar-refractivity contribution in [2.24, 2.45) is 10.9 Å². The van der Waals surface area contributed by atoms with Crippen LogP contribution in [0.15, 0.2) is 47.6 Å². The minimum absolute atomic E-state index is 0.000636. The Balaban J connectivity index is 1.24. The summed E-state index contributed by atoms with van der Waals surface area (Å²) < 4.78 is 7.07. The van der Waals surface area contributed by atoms with Crippen molar-refractivity contribution < 1.29 is 19.4 Å². The van der Waals surface area contributed by atoms with E-state index in [9.17, 15) is 14.7 Å². The minimum atomic E-state index is -1.17. The van der Waals surface area contributed by atoms with Gasteiger partial charge in [0.2, 0.25) is 5.91 Å². The second-order valence-electron chi connectivity index (χ2n) is 14.5. The van der Waals surface area contributed by atoms with E-state index in [0.29, 0.717) is 22.5 Å². The quantitative estimate of drug-likeness (QED) is 0.210. The van der Waals surface area contributed by atoms with Crippen molar-refractivity contribution in [3.63, 3.8) is 0 Å². The maximum Gasteiger partial charge on any atom is 0.337 e. The zero-order valence-electron chi connectivity index (χ0n) is 28.8. The lowest BCUT2D eigenvalue weighted by Gasteiger charge is -2.47. The van der Waals surface area contributed by atoms with Crippen molar-refractivity contribution >= 4 is 50.7 Å². The number of piperidine rings is 1. The number of likely N-dealkylation sites (tertiary alicyclic amines) is 2. The van der Waals surface area contributed by atoms with Gasteiger partial charge in [-0.2, -0.15) is 0 Å². The molecule has 4 aromatic rings. The van der Waals surface area contributed by atoms with E-state index in [4.69, 9.17) is 31.3 Å². The maximum atomic E-state index is 12.7. The molecule has 3 aliphatic rings. The van der Waals surface area contributed by atoms with Gasteiger partial charge in [0.15, 0.2) is 6.10 Å². The monoisotopic (exact) mass is 699 g/mol. The Morgan fingerprint density at radius 3 is 2.41 bits per heavy atom. The summed E-state index contributed by atoms with van der Waals surface area (Å²) in [6.45, 7) is 14.9. The molecule has 0 saturated carbocycles. The second-order valence-corrected chi connectivity index (χ2v) is 16.0. The van der Waals surface area contributed by atoms with Gasteiger partial charge in [-0.05, 0) is 95.9 Å². The number of ether oxygens (including phenoxy) is 1. The zero-order valence-corrected chi connectivity index (χ0v) is 30.4. The number of amides is 1. The van der Waals surface area contributed by atoms with E-state index in [1.807, 2.05) is 69.1 Å². The van der Waals surface area contributed by atoms with E-state index in [2.05, 4.69) is 17.9 Å². The zero-order chi connectivity index (χ0) is 34.8. The molecule has 256 valence electrons. The lowest BCUT2D eigenvalue weighted by atomic mass is 9.87. The van der Waals surface area contributed by atoms with Crippen molar-refractivity contribution in [2.45, 2.75) is 78.2 Å². The van der Waals surface area contributed by atoms with Gasteiger partial charge in [-0.1, -0.05) is 23.7 Å². The highest BCUT2D eigenvalue weighted by atomic mass is 35.5. The number of carboxylic acid groups (broad SMARTS) is 1. The Kier molecular flexibility index (Phi) is 8.88. The van der Waals surface area contributed by atoms with E-state index in [1.54, 1.807) is 6.92 Å². The molecule has 1 unspecified atom stereocenters. The minimum Gasteiger partial charge on any atom is -0.479 e. The van der Waals surface area contributed by atoms with Crippen LogP contribution >= 0.6 is 22.9 Å². The van der Waals surface area contributed by atoms with Gasteiger partial charge < -0.3 is 14.7 Å². The molecule has 0 radical (unpaired) electrons. The first-order valence-electron chi connectivity index (χ1n) is 17.0. The van der Waals surface area contributed by atoms with Crippen LogP contribution in [0, 0.1) is 12.8 Å². The summed E-state index contributed by atoms with van der Waals surface area (Å²) in [5, 5.41) is 11.8. The number of hydrogen-bond donors (Lipinski definition) is 1. The van der Waals surface area contributed by atoms with Gasteiger partial charge in [-0.25, -0.2) is 9.78 Å². The number of carboxylic acids is 1. The number of benzene rings is 2. The molecule has 2 atom stereocenters. The summed E-state index contributed by atoms with van der Waals surface area (Å²) in [5.41, 5.74) is 7.33. The van der Waals surface area contributed by atoms with Gasteiger partial charge in [0.1, 0.15) is 5.01 Å². The Hall–Kier alpha value is -3.70. The molecule has 5 heterocycles. The van der Waals surface area contributed by atoms with Crippen molar-refractivity contribution in [2.75, 3.05) is 26.2 Å². The van der Waals surface area contributed by atoms with E-state index in [0.717, 1.165) is 93.5 Å². The first kappa shape index (κ1) is 33.8. The molecule has 2 aromatic heterocycles. The fourth-order valence-electron chi connectivity index (χ4n) is 7.44. The van der Waals surface area contributed by atoms with Crippen molar-refractivity contribution in [3.8, 4) is 21.7 Å². The number of aryl methyl sites for hydroxylation is 1. The SMILES string of the molecule is CC(=O)N1CC(N2CCC(C3=NC(C)c4ncc(-c5nc6cc(C)c([C@H](OC(C)(C)C)C(=O)O)c(-c7ccc(Cl)cc7)c6s5)cc43)CC2)C1. The van der Waals surface area contributed by atoms with Gasteiger partial charge >= 0.3 is 5.97 Å². The summed E-state index contributed by atoms with van der Waals surface area (Å²) >= 11 is 7.82. The standard InChI is InChI=1S/C38H42ClN5O4S/c1-20-15-29-35(31(23-7-9-26(39)10-8-23)30(20)34(37(46)47)48-38(4,5)6)49-36(42-29)25-16-28-32(40-17-25)21(2)41-33(28)24-11-13-43(14-12-24)27-18-44(19-27)22(3)45/h7-10,15-17,21,24,27,34H,11-14,18-19H2,1-6H3,(H,46,47)/t21?,34-/m0/s1. The summed E-state index contributed by atoms with van der Waals surface area (Å²) in [7, 11) is 0. The van der Waals surface area contributed by atoms with Gasteiger partial charge in [0.05, 0.1) is 27.6 Å². The number of carbonyl (C=O) groups excluding carboxylic acids is 1. The number of hydrogen-bond acceptors (Lipinski definition) is 8. The number of fused-ring (bicyclic) bond motifs is 2. The third-order valence-corrected chi connectivity index (χ3v) is 11.3. The topological polar surface area (TPSA) is 108 Å². The van der Waals surface area contributed by atoms with Gasteiger partial charge in [0, 0.05) is 71.2 Å². The van der Waals surface area contributed by atoms with E-state index in [-0.39, 0.29) is 11.9 Å². The molecule has 2 saturated heterocycles. The number of rotatable bonds is 7. The number of thiazole rings is 1. The van der Waals surface area contributed by atoms with Crippen LogP contribution in [-0.2, 0) is 14.3 Å². The molecule has 0 aliphatic carbocycles. The van der Waals surface area contributed by atoms with E-state index < -0.39 is 17.7 Å². The maximum absolute atomic E-state index is 12.7. The highest BCUT2D eigenvalue weighted by Gasteiger charge is 2.38. The molecule has 1 amide bonds. The molecule has 9 nitrogen and oxygen atoms in total. The van der Waals surface area contributed by atoms with Crippen LogP contribution in [0.3, 0.4) is 0 Å². The third kappa shape index (κ3) is 6.52. The van der Waals surface area contributed by atoms with Gasteiger partial charge in [-0.3, -0.25) is 19.7 Å². The summed E-state index contributed by atoms with van der Waals surface area (Å²) in [5.74, 6) is -0.532. The first-order chi connectivity index (χ1) is 23.3. The smallest absolute Gasteiger partial charge is 0.337 e. The fourth-order valence-corrected chi connectivity index (χ4v) is 8.67. The predicted molar refractivity (Wildman–Crippen MR) is 195 cm³/mol. The van der Waals surface area contributed by atoms with E-state index in [1.165, 1.54) is 11.3 Å². The Labute approximate surface area is 296 Å². The van der Waals surface area contributed by atoms with Crippen LogP contribution in [0.1, 0.15) is 82.0 Å².